The van der Waals surface area contributed by atoms with Crippen molar-refractivity contribution < 1.29 is 9.59 Å². The smallest absolute Gasteiger partial charge is 0.272 e. The number of ketones is 1. The van der Waals surface area contributed by atoms with Crippen molar-refractivity contribution in [3.63, 3.8) is 0 Å². The van der Waals surface area contributed by atoms with Gasteiger partial charge in [-0.05, 0) is 25.7 Å². The van der Waals surface area contributed by atoms with E-state index in [0.29, 0.717) is 18.3 Å². The van der Waals surface area contributed by atoms with Crippen molar-refractivity contribution in [2.75, 3.05) is 19.6 Å². The van der Waals surface area contributed by atoms with Gasteiger partial charge in [-0.1, -0.05) is 24.9 Å². The molecule has 1 aromatic heterocycles. The predicted molar refractivity (Wildman–Crippen MR) is 84.4 cm³/mol. The molecule has 7 heteroatoms. The molecule has 1 fully saturated rings. The Hall–Kier alpha value is -2.05. The van der Waals surface area contributed by atoms with E-state index in [1.807, 2.05) is 4.68 Å². The van der Waals surface area contributed by atoms with E-state index in [-0.39, 0.29) is 24.8 Å². The standard InChI is InChI=1S/C16H22N4O3/c1-2-14-13-7-8-19(10-12(21)9-17-23)16(22)15(13)20(18-14)11-5-3-4-6-11/h11H,2-10H2,1H3. The van der Waals surface area contributed by atoms with Crippen LogP contribution in [0.2, 0.25) is 0 Å². The lowest BCUT2D eigenvalue weighted by atomic mass is 10.0. The zero-order chi connectivity index (χ0) is 16.4. The maximum Gasteiger partial charge on any atom is 0.272 e. The molecule has 2 aliphatic rings. The third-order valence-electron chi connectivity index (χ3n) is 4.83. The van der Waals surface area contributed by atoms with Gasteiger partial charge in [0, 0.05) is 12.1 Å². The molecule has 0 spiro atoms. The number of nitroso groups, excluding NO2 is 1. The summed E-state index contributed by atoms with van der Waals surface area (Å²) in [7, 11) is 0. The Morgan fingerprint density at radius 2 is 2.09 bits per heavy atom. The average molecular weight is 318 g/mol. The van der Waals surface area contributed by atoms with Crippen LogP contribution in [0.3, 0.4) is 0 Å². The van der Waals surface area contributed by atoms with Crippen LogP contribution in [0.25, 0.3) is 0 Å². The molecule has 0 N–H and O–H groups in total. The van der Waals surface area contributed by atoms with E-state index >= 15 is 0 Å². The van der Waals surface area contributed by atoms with Crippen LogP contribution in [-0.4, -0.2) is 46.0 Å². The molecule has 1 aromatic rings. The second-order valence-electron chi connectivity index (χ2n) is 6.31. The molecule has 1 saturated carbocycles. The first-order valence-corrected chi connectivity index (χ1v) is 8.36. The van der Waals surface area contributed by atoms with Gasteiger partial charge in [-0.15, -0.1) is 0 Å². The van der Waals surface area contributed by atoms with Crippen LogP contribution >= 0.6 is 0 Å². The van der Waals surface area contributed by atoms with E-state index in [0.717, 1.165) is 36.9 Å². The summed E-state index contributed by atoms with van der Waals surface area (Å²) in [4.78, 5) is 36.3. The highest BCUT2D eigenvalue weighted by Crippen LogP contribution is 2.33. The quantitative estimate of drug-likeness (QED) is 0.750. The van der Waals surface area contributed by atoms with Gasteiger partial charge in [0.05, 0.1) is 18.3 Å². The number of rotatable bonds is 6. The molecule has 0 atom stereocenters. The van der Waals surface area contributed by atoms with E-state index in [4.69, 9.17) is 5.10 Å². The Morgan fingerprint density at radius 3 is 2.74 bits per heavy atom. The highest BCUT2D eigenvalue weighted by Gasteiger charge is 2.34. The van der Waals surface area contributed by atoms with Crippen molar-refractivity contribution in [1.82, 2.24) is 14.7 Å². The fourth-order valence-corrected chi connectivity index (χ4v) is 3.69. The molecule has 0 aromatic carbocycles. The van der Waals surface area contributed by atoms with Gasteiger partial charge in [0.1, 0.15) is 12.2 Å². The van der Waals surface area contributed by atoms with E-state index in [1.54, 1.807) is 0 Å². The monoisotopic (exact) mass is 318 g/mol. The molecule has 0 saturated heterocycles. The lowest BCUT2D eigenvalue weighted by molar-refractivity contribution is -0.118. The van der Waals surface area contributed by atoms with Gasteiger partial charge >= 0.3 is 0 Å². The Bertz CT molecular complexity index is 632. The maximum absolute atomic E-state index is 12.9. The Balaban J connectivity index is 1.90. The van der Waals surface area contributed by atoms with Crippen molar-refractivity contribution in [2.24, 2.45) is 5.18 Å². The predicted octanol–water partition coefficient (Wildman–Crippen LogP) is 1.89. The summed E-state index contributed by atoms with van der Waals surface area (Å²) in [6.07, 6.45) is 5.98. The number of Topliss-reactive ketones (excluding diaryl/α,β-unsaturated/α-hetero) is 1. The number of hydrogen-bond donors (Lipinski definition) is 0. The highest BCUT2D eigenvalue weighted by molar-refractivity contribution is 5.98. The van der Waals surface area contributed by atoms with Crippen molar-refractivity contribution in [2.45, 2.75) is 51.5 Å². The first-order chi connectivity index (χ1) is 11.2. The van der Waals surface area contributed by atoms with Crippen LogP contribution in [0.4, 0.5) is 0 Å². The minimum absolute atomic E-state index is 0.0404. The second-order valence-corrected chi connectivity index (χ2v) is 6.31. The molecular formula is C16H22N4O3. The first-order valence-electron chi connectivity index (χ1n) is 8.36. The molecule has 0 radical (unpaired) electrons. The highest BCUT2D eigenvalue weighted by atomic mass is 16.3. The molecule has 7 nitrogen and oxygen atoms in total. The molecule has 124 valence electrons. The van der Waals surface area contributed by atoms with Crippen molar-refractivity contribution in [1.29, 1.82) is 0 Å². The number of carbonyl (C=O) groups is 2. The SMILES string of the molecule is CCc1nn(C2CCCC2)c2c1CCN(CC(=O)CN=O)C2=O. The molecule has 0 bridgehead atoms. The minimum Gasteiger partial charge on any atom is -0.330 e. The van der Waals surface area contributed by atoms with Crippen LogP contribution in [0.15, 0.2) is 5.18 Å². The largest absolute Gasteiger partial charge is 0.330 e. The number of carbonyl (C=O) groups excluding carboxylic acids is 2. The molecule has 2 heterocycles. The topological polar surface area (TPSA) is 84.6 Å². The van der Waals surface area contributed by atoms with E-state index < -0.39 is 0 Å². The van der Waals surface area contributed by atoms with E-state index in [1.165, 1.54) is 17.7 Å². The normalized spacial score (nSPS) is 18.3. The second kappa shape index (κ2) is 6.60. The lowest BCUT2D eigenvalue weighted by Gasteiger charge is -2.27. The van der Waals surface area contributed by atoms with Crippen molar-refractivity contribution >= 4 is 11.7 Å². The lowest BCUT2D eigenvalue weighted by Crippen LogP contribution is -2.42. The molecule has 0 unspecified atom stereocenters. The third kappa shape index (κ3) is 2.92. The molecule has 23 heavy (non-hydrogen) atoms. The summed E-state index contributed by atoms with van der Waals surface area (Å²) in [5, 5.41) is 7.32. The van der Waals surface area contributed by atoms with Crippen LogP contribution in [0.1, 0.15) is 60.4 Å². The number of nitrogens with zero attached hydrogens (tertiary/aromatic N) is 4. The Morgan fingerprint density at radius 1 is 1.35 bits per heavy atom. The summed E-state index contributed by atoms with van der Waals surface area (Å²) >= 11 is 0. The summed E-state index contributed by atoms with van der Waals surface area (Å²) in [6, 6.07) is 0.292. The van der Waals surface area contributed by atoms with E-state index in [2.05, 4.69) is 12.1 Å². The van der Waals surface area contributed by atoms with Gasteiger partial charge < -0.3 is 4.90 Å². The van der Waals surface area contributed by atoms with Gasteiger partial charge in [-0.2, -0.15) is 10.0 Å². The fourth-order valence-electron chi connectivity index (χ4n) is 3.69. The number of aromatic nitrogens is 2. The van der Waals surface area contributed by atoms with Gasteiger partial charge in [-0.3, -0.25) is 14.3 Å². The minimum atomic E-state index is -0.376. The molecule has 1 aliphatic carbocycles. The third-order valence-corrected chi connectivity index (χ3v) is 4.83. The average Bonchev–Trinajstić information content (AvgIpc) is 3.17. The maximum atomic E-state index is 12.9. The van der Waals surface area contributed by atoms with Crippen LogP contribution in [0, 0.1) is 4.91 Å². The molecule has 3 rings (SSSR count). The fraction of sp³-hybridized carbons (Fsp3) is 0.688. The summed E-state index contributed by atoms with van der Waals surface area (Å²) in [6.45, 7) is 2.14. The van der Waals surface area contributed by atoms with Gasteiger partial charge in [0.2, 0.25) is 0 Å². The summed E-state index contributed by atoms with van der Waals surface area (Å²) in [5.41, 5.74) is 2.70. The number of amides is 1. The zero-order valence-corrected chi connectivity index (χ0v) is 13.5. The van der Waals surface area contributed by atoms with Gasteiger partial charge in [0.15, 0.2) is 5.78 Å². The van der Waals surface area contributed by atoms with Crippen LogP contribution in [0.5, 0.6) is 0 Å². The van der Waals surface area contributed by atoms with Crippen LogP contribution < -0.4 is 0 Å². The molecule has 1 amide bonds. The number of fused-ring (bicyclic) bond motifs is 1. The molecular weight excluding hydrogens is 296 g/mol. The summed E-state index contributed by atoms with van der Waals surface area (Å²) < 4.78 is 1.91. The zero-order valence-electron chi connectivity index (χ0n) is 13.5. The van der Waals surface area contributed by atoms with Gasteiger partial charge in [0.25, 0.3) is 5.91 Å². The van der Waals surface area contributed by atoms with Crippen LogP contribution in [-0.2, 0) is 17.6 Å². The summed E-state index contributed by atoms with van der Waals surface area (Å²) in [5.74, 6) is -0.455. The molecule has 1 aliphatic heterocycles. The van der Waals surface area contributed by atoms with Crippen molar-refractivity contribution in [3.8, 4) is 0 Å². The van der Waals surface area contributed by atoms with Crippen molar-refractivity contribution in [3.05, 3.63) is 21.9 Å². The van der Waals surface area contributed by atoms with E-state index in [9.17, 15) is 14.5 Å². The number of aryl methyl sites for hydroxylation is 1. The Labute approximate surface area is 135 Å². The first kappa shape index (κ1) is 15.8. The van der Waals surface area contributed by atoms with Gasteiger partial charge in [-0.25, -0.2) is 0 Å². The Kier molecular flexibility index (Phi) is 4.54. The number of hydrogen-bond acceptors (Lipinski definition) is 5.